The zero-order chi connectivity index (χ0) is 12.3. The minimum absolute atomic E-state index is 0.0662. The summed E-state index contributed by atoms with van der Waals surface area (Å²) in [5.41, 5.74) is -0.608. The Labute approximate surface area is 98.0 Å². The molecule has 0 bridgehead atoms. The summed E-state index contributed by atoms with van der Waals surface area (Å²) < 4.78 is 0. The molecule has 0 radical (unpaired) electrons. The monoisotopic (exact) mass is 228 g/mol. The molecular weight excluding hydrogens is 204 g/mol. The van der Waals surface area contributed by atoms with Gasteiger partial charge in [0.2, 0.25) is 5.91 Å². The second kappa shape index (κ2) is 5.15. The number of nitrogens with zero attached hydrogens (tertiary/aromatic N) is 1. The molecule has 1 saturated heterocycles. The molecule has 2 atom stereocenters. The topological polar surface area (TPSA) is 52.6 Å². The fourth-order valence-corrected chi connectivity index (χ4v) is 2.14. The highest BCUT2D eigenvalue weighted by molar-refractivity contribution is 5.81. The molecule has 1 rings (SSSR count). The van der Waals surface area contributed by atoms with Gasteiger partial charge in [-0.2, -0.15) is 0 Å². The Hall–Kier alpha value is -0.610. The molecule has 1 heterocycles. The first kappa shape index (κ1) is 13.5. The minimum Gasteiger partial charge on any atom is -0.388 e. The van der Waals surface area contributed by atoms with Crippen LogP contribution in [0.15, 0.2) is 0 Å². The highest BCUT2D eigenvalue weighted by atomic mass is 16.3. The largest absolute Gasteiger partial charge is 0.388 e. The van der Waals surface area contributed by atoms with Crippen molar-refractivity contribution in [1.82, 2.24) is 10.2 Å². The first-order valence-electron chi connectivity index (χ1n) is 6.12. The molecule has 2 N–H and O–H groups in total. The Morgan fingerprint density at radius 1 is 1.50 bits per heavy atom. The predicted molar refractivity (Wildman–Crippen MR) is 64.2 cm³/mol. The van der Waals surface area contributed by atoms with E-state index in [1.165, 1.54) is 0 Å². The number of amides is 1. The molecule has 0 aromatic rings. The number of carbonyl (C=O) groups is 1. The molecule has 94 valence electrons. The van der Waals surface area contributed by atoms with E-state index in [-0.39, 0.29) is 18.0 Å². The van der Waals surface area contributed by atoms with Gasteiger partial charge in [0.05, 0.1) is 11.6 Å². The lowest BCUT2D eigenvalue weighted by Gasteiger charge is -2.46. The van der Waals surface area contributed by atoms with Gasteiger partial charge in [-0.25, -0.2) is 0 Å². The standard InChI is InChI=1S/C12H24N2O2/c1-5-6-9(2)13-11(15)10(3)14-7-12(4,16)8-14/h9-10,16H,5-8H2,1-4H3,(H,13,15). The molecule has 0 aliphatic carbocycles. The molecule has 0 spiro atoms. The van der Waals surface area contributed by atoms with Crippen molar-refractivity contribution < 1.29 is 9.90 Å². The van der Waals surface area contributed by atoms with Crippen molar-refractivity contribution in [2.24, 2.45) is 0 Å². The van der Waals surface area contributed by atoms with Gasteiger partial charge in [-0.3, -0.25) is 9.69 Å². The van der Waals surface area contributed by atoms with Crippen molar-refractivity contribution in [3.63, 3.8) is 0 Å². The molecule has 1 fully saturated rings. The summed E-state index contributed by atoms with van der Waals surface area (Å²) in [5.74, 6) is 0.0662. The van der Waals surface area contributed by atoms with Gasteiger partial charge in [-0.1, -0.05) is 13.3 Å². The quantitative estimate of drug-likeness (QED) is 0.730. The van der Waals surface area contributed by atoms with Gasteiger partial charge in [-0.05, 0) is 27.2 Å². The van der Waals surface area contributed by atoms with Crippen molar-refractivity contribution in [2.75, 3.05) is 13.1 Å². The minimum atomic E-state index is -0.608. The Balaban J connectivity index is 2.32. The SMILES string of the molecule is CCCC(C)NC(=O)C(C)N1CC(C)(O)C1. The van der Waals surface area contributed by atoms with E-state index >= 15 is 0 Å². The van der Waals surface area contributed by atoms with Crippen LogP contribution < -0.4 is 5.32 Å². The fourth-order valence-electron chi connectivity index (χ4n) is 2.14. The van der Waals surface area contributed by atoms with Crippen LogP contribution >= 0.6 is 0 Å². The van der Waals surface area contributed by atoms with Crippen LogP contribution in [0.1, 0.15) is 40.5 Å². The van der Waals surface area contributed by atoms with Gasteiger partial charge < -0.3 is 10.4 Å². The van der Waals surface area contributed by atoms with Gasteiger partial charge in [0.15, 0.2) is 0 Å². The van der Waals surface area contributed by atoms with Crippen molar-refractivity contribution in [2.45, 2.75) is 58.2 Å². The summed E-state index contributed by atoms with van der Waals surface area (Å²) >= 11 is 0. The fraction of sp³-hybridized carbons (Fsp3) is 0.917. The van der Waals surface area contributed by atoms with Crippen LogP contribution in [0.3, 0.4) is 0 Å². The van der Waals surface area contributed by atoms with Crippen molar-refractivity contribution in [3.05, 3.63) is 0 Å². The molecule has 0 saturated carbocycles. The lowest BCUT2D eigenvalue weighted by Crippen LogP contribution is -2.65. The van der Waals surface area contributed by atoms with Crippen LogP contribution in [-0.4, -0.2) is 46.7 Å². The Morgan fingerprint density at radius 2 is 2.06 bits per heavy atom. The molecule has 1 aliphatic heterocycles. The molecule has 2 unspecified atom stereocenters. The zero-order valence-corrected chi connectivity index (χ0v) is 10.8. The number of hydrogen-bond donors (Lipinski definition) is 2. The first-order valence-corrected chi connectivity index (χ1v) is 6.12. The Kier molecular flexibility index (Phi) is 4.33. The average Bonchev–Trinajstić information content (AvgIpc) is 2.13. The molecule has 1 amide bonds. The first-order chi connectivity index (χ1) is 7.35. The van der Waals surface area contributed by atoms with Crippen LogP contribution in [0.2, 0.25) is 0 Å². The number of aliphatic hydroxyl groups is 1. The third-order valence-electron chi connectivity index (χ3n) is 3.12. The number of carbonyl (C=O) groups excluding carboxylic acids is 1. The normalized spacial score (nSPS) is 23.3. The number of likely N-dealkylation sites (tertiary alicyclic amines) is 1. The lowest BCUT2D eigenvalue weighted by atomic mass is 9.94. The third-order valence-corrected chi connectivity index (χ3v) is 3.12. The van der Waals surface area contributed by atoms with Crippen molar-refractivity contribution in [1.29, 1.82) is 0 Å². The summed E-state index contributed by atoms with van der Waals surface area (Å²) in [7, 11) is 0. The van der Waals surface area contributed by atoms with Crippen molar-refractivity contribution in [3.8, 4) is 0 Å². The van der Waals surface area contributed by atoms with E-state index in [1.54, 1.807) is 6.92 Å². The predicted octanol–water partition coefficient (Wildman–Crippen LogP) is 0.746. The van der Waals surface area contributed by atoms with Crippen LogP contribution in [0, 0.1) is 0 Å². The van der Waals surface area contributed by atoms with Crippen LogP contribution in [0.5, 0.6) is 0 Å². The highest BCUT2D eigenvalue weighted by Crippen LogP contribution is 2.22. The van der Waals surface area contributed by atoms with Gasteiger partial charge in [0.1, 0.15) is 0 Å². The Morgan fingerprint density at radius 3 is 2.50 bits per heavy atom. The van der Waals surface area contributed by atoms with E-state index in [1.807, 2.05) is 18.7 Å². The maximum absolute atomic E-state index is 11.8. The zero-order valence-electron chi connectivity index (χ0n) is 10.8. The maximum atomic E-state index is 11.8. The van der Waals surface area contributed by atoms with Gasteiger partial charge >= 0.3 is 0 Å². The Bertz CT molecular complexity index is 245. The summed E-state index contributed by atoms with van der Waals surface area (Å²) in [6, 6.07) is 0.0984. The summed E-state index contributed by atoms with van der Waals surface area (Å²) in [6.07, 6.45) is 2.09. The van der Waals surface area contributed by atoms with E-state index in [0.717, 1.165) is 12.8 Å². The van der Waals surface area contributed by atoms with E-state index in [4.69, 9.17) is 0 Å². The number of nitrogens with one attached hydrogen (secondary N) is 1. The smallest absolute Gasteiger partial charge is 0.237 e. The molecule has 4 nitrogen and oxygen atoms in total. The molecule has 1 aliphatic rings. The summed E-state index contributed by atoms with van der Waals surface area (Å²) in [4.78, 5) is 13.8. The summed E-state index contributed by atoms with van der Waals surface area (Å²) in [5, 5.41) is 12.6. The summed E-state index contributed by atoms with van der Waals surface area (Å²) in [6.45, 7) is 9.00. The second-order valence-corrected chi connectivity index (χ2v) is 5.28. The van der Waals surface area contributed by atoms with E-state index in [0.29, 0.717) is 13.1 Å². The van der Waals surface area contributed by atoms with Gasteiger partial charge in [0, 0.05) is 19.1 Å². The van der Waals surface area contributed by atoms with Gasteiger partial charge in [0.25, 0.3) is 0 Å². The van der Waals surface area contributed by atoms with Gasteiger partial charge in [-0.15, -0.1) is 0 Å². The van der Waals surface area contributed by atoms with Crippen LogP contribution in [-0.2, 0) is 4.79 Å². The lowest BCUT2D eigenvalue weighted by molar-refractivity contribution is -0.139. The highest BCUT2D eigenvalue weighted by Gasteiger charge is 2.40. The number of hydrogen-bond acceptors (Lipinski definition) is 3. The molecule has 0 aromatic heterocycles. The maximum Gasteiger partial charge on any atom is 0.237 e. The van der Waals surface area contributed by atoms with Crippen LogP contribution in [0.4, 0.5) is 0 Å². The van der Waals surface area contributed by atoms with E-state index in [2.05, 4.69) is 12.2 Å². The van der Waals surface area contributed by atoms with E-state index in [9.17, 15) is 9.90 Å². The van der Waals surface area contributed by atoms with Crippen molar-refractivity contribution >= 4 is 5.91 Å². The number of rotatable bonds is 5. The van der Waals surface area contributed by atoms with E-state index < -0.39 is 5.60 Å². The molecular formula is C12H24N2O2. The number of β-amino-alcohol motifs (C(OH)–C–C–N with tert-alkyl or cyclic N) is 1. The second-order valence-electron chi connectivity index (χ2n) is 5.28. The molecule has 4 heteroatoms. The van der Waals surface area contributed by atoms with Crippen LogP contribution in [0.25, 0.3) is 0 Å². The molecule has 16 heavy (non-hydrogen) atoms. The third kappa shape index (κ3) is 3.46. The average molecular weight is 228 g/mol. The molecule has 0 aromatic carbocycles.